The second kappa shape index (κ2) is 12.3. The lowest BCUT2D eigenvalue weighted by Gasteiger charge is -1.98. The van der Waals surface area contributed by atoms with Crippen LogP contribution < -0.4 is 0 Å². The molecule has 0 aliphatic carbocycles. The molecular formula is C13H24O. The molecule has 0 rings (SSSR count). The number of ether oxygens (including phenoxy) is 1. The lowest BCUT2D eigenvalue weighted by atomic mass is 10.1. The standard InChI is InChI=1S/C13H24O/c1-3-5-6-7-8-9-10-11-12-13-14-4-2/h3,12-13H,1,4-11H2,2H3. The van der Waals surface area contributed by atoms with Gasteiger partial charge in [0.25, 0.3) is 0 Å². The summed E-state index contributed by atoms with van der Waals surface area (Å²) < 4.78 is 5.10. The molecule has 0 aromatic heterocycles. The maximum Gasteiger partial charge on any atom is 0.0845 e. The fraction of sp³-hybridized carbons (Fsp3) is 0.692. The quantitative estimate of drug-likeness (QED) is 0.285. The minimum absolute atomic E-state index is 0.776. The van der Waals surface area contributed by atoms with Gasteiger partial charge in [-0.1, -0.05) is 25.3 Å². The molecule has 0 amide bonds. The molecule has 1 nitrogen and oxygen atoms in total. The average Bonchev–Trinajstić information content (AvgIpc) is 2.21. The highest BCUT2D eigenvalue weighted by atomic mass is 16.5. The topological polar surface area (TPSA) is 9.23 Å². The highest BCUT2D eigenvalue weighted by molar-refractivity contribution is 4.73. The van der Waals surface area contributed by atoms with Crippen molar-refractivity contribution in [2.24, 2.45) is 0 Å². The van der Waals surface area contributed by atoms with Crippen LogP contribution >= 0.6 is 0 Å². The number of unbranched alkanes of at least 4 members (excludes halogenated alkanes) is 6. The van der Waals surface area contributed by atoms with Crippen LogP contribution in [0.3, 0.4) is 0 Å². The molecule has 1 heteroatoms. The Morgan fingerprint density at radius 2 is 1.64 bits per heavy atom. The summed E-state index contributed by atoms with van der Waals surface area (Å²) in [6, 6.07) is 0. The van der Waals surface area contributed by atoms with Crippen LogP contribution in [0.2, 0.25) is 0 Å². The van der Waals surface area contributed by atoms with Gasteiger partial charge in [-0.3, -0.25) is 0 Å². The van der Waals surface area contributed by atoms with Crippen molar-refractivity contribution in [3.8, 4) is 0 Å². The molecule has 0 unspecified atom stereocenters. The first kappa shape index (κ1) is 13.3. The molecule has 14 heavy (non-hydrogen) atoms. The fourth-order valence-corrected chi connectivity index (χ4v) is 1.31. The Morgan fingerprint density at radius 1 is 1.00 bits per heavy atom. The Bertz CT molecular complexity index is 138. The summed E-state index contributed by atoms with van der Waals surface area (Å²) in [5, 5.41) is 0. The Hall–Kier alpha value is -0.720. The van der Waals surface area contributed by atoms with Crippen molar-refractivity contribution < 1.29 is 4.74 Å². The molecule has 0 radical (unpaired) electrons. The molecule has 0 aromatic carbocycles. The van der Waals surface area contributed by atoms with E-state index in [4.69, 9.17) is 4.74 Å². The van der Waals surface area contributed by atoms with Crippen LogP contribution in [0.4, 0.5) is 0 Å². The van der Waals surface area contributed by atoms with E-state index >= 15 is 0 Å². The summed E-state index contributed by atoms with van der Waals surface area (Å²) in [6.07, 6.45) is 14.9. The first-order chi connectivity index (χ1) is 6.91. The lowest BCUT2D eigenvalue weighted by molar-refractivity contribution is 0.268. The third-order valence-electron chi connectivity index (χ3n) is 2.14. The van der Waals surface area contributed by atoms with Crippen molar-refractivity contribution in [3.05, 3.63) is 25.0 Å². The van der Waals surface area contributed by atoms with Gasteiger partial charge in [-0.15, -0.1) is 6.58 Å². The van der Waals surface area contributed by atoms with Crippen LogP contribution in [0.1, 0.15) is 51.9 Å². The molecule has 0 heterocycles. The summed E-state index contributed by atoms with van der Waals surface area (Å²) >= 11 is 0. The van der Waals surface area contributed by atoms with Crippen molar-refractivity contribution >= 4 is 0 Å². The Labute approximate surface area is 88.9 Å². The van der Waals surface area contributed by atoms with Gasteiger partial charge in [0.2, 0.25) is 0 Å². The van der Waals surface area contributed by atoms with Gasteiger partial charge in [0, 0.05) is 0 Å². The van der Waals surface area contributed by atoms with Crippen LogP contribution in [0.15, 0.2) is 25.0 Å². The summed E-state index contributed by atoms with van der Waals surface area (Å²) in [5.74, 6) is 0. The third kappa shape index (κ3) is 11.3. The van der Waals surface area contributed by atoms with Gasteiger partial charge >= 0.3 is 0 Å². The van der Waals surface area contributed by atoms with Crippen LogP contribution in [0.5, 0.6) is 0 Å². The van der Waals surface area contributed by atoms with E-state index < -0.39 is 0 Å². The van der Waals surface area contributed by atoms with E-state index in [-0.39, 0.29) is 0 Å². The molecule has 0 aliphatic heterocycles. The van der Waals surface area contributed by atoms with E-state index in [9.17, 15) is 0 Å². The van der Waals surface area contributed by atoms with Crippen molar-refractivity contribution in [1.82, 2.24) is 0 Å². The minimum atomic E-state index is 0.776. The number of allylic oxidation sites excluding steroid dienone is 2. The van der Waals surface area contributed by atoms with Crippen LogP contribution in [-0.2, 0) is 4.74 Å². The van der Waals surface area contributed by atoms with Crippen LogP contribution in [0, 0.1) is 0 Å². The SMILES string of the molecule is C=CCCCCCCCC=COCC. The van der Waals surface area contributed by atoms with Gasteiger partial charge in [-0.05, 0) is 38.7 Å². The number of hydrogen-bond acceptors (Lipinski definition) is 1. The van der Waals surface area contributed by atoms with Gasteiger partial charge in [-0.2, -0.15) is 0 Å². The van der Waals surface area contributed by atoms with Crippen molar-refractivity contribution in [1.29, 1.82) is 0 Å². The first-order valence-corrected chi connectivity index (χ1v) is 5.79. The summed E-state index contributed by atoms with van der Waals surface area (Å²) in [5.41, 5.74) is 0. The zero-order chi connectivity index (χ0) is 10.5. The predicted octanol–water partition coefficient (Wildman–Crippen LogP) is 4.45. The van der Waals surface area contributed by atoms with Gasteiger partial charge in [0.05, 0.1) is 12.9 Å². The Kier molecular flexibility index (Phi) is 11.6. The smallest absolute Gasteiger partial charge is 0.0845 e. The molecule has 0 saturated heterocycles. The second-order valence-corrected chi connectivity index (χ2v) is 3.46. The van der Waals surface area contributed by atoms with E-state index in [0.29, 0.717) is 0 Å². The highest BCUT2D eigenvalue weighted by Gasteiger charge is 1.88. The average molecular weight is 196 g/mol. The second-order valence-electron chi connectivity index (χ2n) is 3.46. The van der Waals surface area contributed by atoms with E-state index in [1.807, 2.05) is 19.3 Å². The van der Waals surface area contributed by atoms with Gasteiger partial charge < -0.3 is 4.74 Å². The van der Waals surface area contributed by atoms with E-state index in [1.54, 1.807) is 0 Å². The maximum absolute atomic E-state index is 5.10. The van der Waals surface area contributed by atoms with E-state index in [2.05, 4.69) is 12.7 Å². The summed E-state index contributed by atoms with van der Waals surface area (Å²) in [4.78, 5) is 0. The van der Waals surface area contributed by atoms with Crippen LogP contribution in [0.25, 0.3) is 0 Å². The molecular weight excluding hydrogens is 172 g/mol. The molecule has 0 bridgehead atoms. The molecule has 0 saturated carbocycles. The fourth-order valence-electron chi connectivity index (χ4n) is 1.31. The molecule has 0 aromatic rings. The highest BCUT2D eigenvalue weighted by Crippen LogP contribution is 2.07. The molecule has 0 atom stereocenters. The van der Waals surface area contributed by atoms with Gasteiger partial charge in [0.15, 0.2) is 0 Å². The van der Waals surface area contributed by atoms with Crippen molar-refractivity contribution in [2.75, 3.05) is 6.61 Å². The first-order valence-electron chi connectivity index (χ1n) is 5.79. The Balaban J connectivity index is 2.95. The Morgan fingerprint density at radius 3 is 2.29 bits per heavy atom. The molecule has 0 spiro atoms. The van der Waals surface area contributed by atoms with E-state index in [1.165, 1.54) is 38.5 Å². The van der Waals surface area contributed by atoms with Crippen molar-refractivity contribution in [2.45, 2.75) is 51.9 Å². The molecule has 0 fully saturated rings. The van der Waals surface area contributed by atoms with Crippen molar-refractivity contribution in [3.63, 3.8) is 0 Å². The monoisotopic (exact) mass is 196 g/mol. The van der Waals surface area contributed by atoms with E-state index in [0.717, 1.165) is 13.0 Å². The largest absolute Gasteiger partial charge is 0.502 e. The minimum Gasteiger partial charge on any atom is -0.502 e. The summed E-state index contributed by atoms with van der Waals surface area (Å²) in [7, 11) is 0. The van der Waals surface area contributed by atoms with Crippen LogP contribution in [-0.4, -0.2) is 6.61 Å². The predicted molar refractivity (Wildman–Crippen MR) is 63.3 cm³/mol. The number of hydrogen-bond donors (Lipinski definition) is 0. The lowest BCUT2D eigenvalue weighted by Crippen LogP contribution is -1.79. The molecule has 82 valence electrons. The van der Waals surface area contributed by atoms with Gasteiger partial charge in [-0.25, -0.2) is 0 Å². The zero-order valence-corrected chi connectivity index (χ0v) is 9.50. The normalized spacial score (nSPS) is 10.6. The maximum atomic E-state index is 5.10. The zero-order valence-electron chi connectivity index (χ0n) is 9.50. The van der Waals surface area contributed by atoms with Gasteiger partial charge in [0.1, 0.15) is 0 Å². The summed E-state index contributed by atoms with van der Waals surface area (Å²) in [6.45, 7) is 6.49. The third-order valence-corrected chi connectivity index (χ3v) is 2.14. The molecule has 0 N–H and O–H groups in total. The molecule has 0 aliphatic rings. The number of rotatable bonds is 10.